The fraction of sp³-hybridized carbons (Fsp3) is 0.111. The van der Waals surface area contributed by atoms with Crippen LogP contribution in [0.4, 0.5) is 0 Å². The van der Waals surface area contributed by atoms with E-state index in [1.54, 1.807) is 0 Å². The Morgan fingerprint density at radius 3 is 1.81 bits per heavy atom. The standard InChI is InChI=1S/C18H14Cl2O/c19-12-11-15-16(20)18(14-9-5-2-6-10-14)21-17(15)13-7-3-1-4-8-13/h1-10H,11-12H2. The van der Waals surface area contributed by atoms with Crippen molar-refractivity contribution in [3.63, 3.8) is 0 Å². The topological polar surface area (TPSA) is 13.1 Å². The zero-order valence-corrected chi connectivity index (χ0v) is 12.9. The van der Waals surface area contributed by atoms with Gasteiger partial charge in [0.2, 0.25) is 0 Å². The highest BCUT2D eigenvalue weighted by Gasteiger charge is 2.20. The van der Waals surface area contributed by atoms with Crippen molar-refractivity contribution >= 4 is 23.2 Å². The maximum atomic E-state index is 6.54. The van der Waals surface area contributed by atoms with E-state index in [2.05, 4.69) is 0 Å². The maximum Gasteiger partial charge on any atom is 0.153 e. The van der Waals surface area contributed by atoms with Crippen LogP contribution in [0.2, 0.25) is 5.02 Å². The highest BCUT2D eigenvalue weighted by atomic mass is 35.5. The van der Waals surface area contributed by atoms with Crippen molar-refractivity contribution < 1.29 is 4.42 Å². The van der Waals surface area contributed by atoms with Crippen molar-refractivity contribution in [3.8, 4) is 22.6 Å². The summed E-state index contributed by atoms with van der Waals surface area (Å²) in [5, 5.41) is 0.653. The van der Waals surface area contributed by atoms with E-state index in [1.807, 2.05) is 60.7 Å². The number of alkyl halides is 1. The van der Waals surface area contributed by atoms with E-state index in [-0.39, 0.29) is 0 Å². The molecular formula is C18H14Cl2O. The molecule has 0 aliphatic carbocycles. The highest BCUT2D eigenvalue weighted by Crippen LogP contribution is 2.40. The minimum atomic E-state index is 0.507. The maximum absolute atomic E-state index is 6.54. The Bertz CT molecular complexity index is 718. The minimum absolute atomic E-state index is 0.507. The number of hydrogen-bond donors (Lipinski definition) is 0. The number of benzene rings is 2. The molecule has 0 aliphatic rings. The first-order chi connectivity index (χ1) is 10.3. The molecule has 0 bridgehead atoms. The molecule has 0 radical (unpaired) electrons. The van der Waals surface area contributed by atoms with Gasteiger partial charge in [0.15, 0.2) is 5.76 Å². The van der Waals surface area contributed by atoms with E-state index in [1.165, 1.54) is 0 Å². The molecule has 0 atom stereocenters. The van der Waals surface area contributed by atoms with E-state index in [0.29, 0.717) is 23.1 Å². The van der Waals surface area contributed by atoms with Crippen LogP contribution < -0.4 is 0 Å². The molecule has 3 heteroatoms. The van der Waals surface area contributed by atoms with Crippen LogP contribution in [0.15, 0.2) is 65.1 Å². The molecule has 0 aliphatic heterocycles. The van der Waals surface area contributed by atoms with Crippen molar-refractivity contribution in [2.45, 2.75) is 6.42 Å². The Morgan fingerprint density at radius 2 is 1.29 bits per heavy atom. The first-order valence-corrected chi connectivity index (χ1v) is 7.70. The molecule has 0 fully saturated rings. The predicted molar refractivity (Wildman–Crippen MR) is 89.0 cm³/mol. The molecule has 21 heavy (non-hydrogen) atoms. The summed E-state index contributed by atoms with van der Waals surface area (Å²) in [6, 6.07) is 19.9. The molecule has 1 heterocycles. The van der Waals surface area contributed by atoms with Gasteiger partial charge in [-0.1, -0.05) is 72.3 Å². The van der Waals surface area contributed by atoms with Gasteiger partial charge in [-0.3, -0.25) is 0 Å². The second-order valence-electron chi connectivity index (χ2n) is 4.72. The Hall–Kier alpha value is -1.70. The summed E-state index contributed by atoms with van der Waals surface area (Å²) in [5.74, 6) is 2.02. The van der Waals surface area contributed by atoms with Gasteiger partial charge >= 0.3 is 0 Å². The fourth-order valence-corrected chi connectivity index (χ4v) is 2.88. The van der Waals surface area contributed by atoms with Gasteiger partial charge in [0.05, 0.1) is 5.02 Å². The Kier molecular flexibility index (Phi) is 4.33. The normalized spacial score (nSPS) is 10.8. The first kappa shape index (κ1) is 14.2. The zero-order chi connectivity index (χ0) is 14.7. The Morgan fingerprint density at radius 1 is 0.762 bits per heavy atom. The van der Waals surface area contributed by atoms with Crippen LogP contribution in [0.1, 0.15) is 5.56 Å². The summed E-state index contributed by atoms with van der Waals surface area (Å²) in [5.41, 5.74) is 2.96. The van der Waals surface area contributed by atoms with Gasteiger partial charge in [-0.25, -0.2) is 0 Å². The summed E-state index contributed by atoms with van der Waals surface area (Å²) in [6.07, 6.45) is 0.681. The molecule has 3 aromatic rings. The van der Waals surface area contributed by atoms with Crippen LogP contribution in [0.5, 0.6) is 0 Å². The number of halogens is 2. The van der Waals surface area contributed by atoms with Crippen molar-refractivity contribution in [2.75, 3.05) is 5.88 Å². The lowest BCUT2D eigenvalue weighted by molar-refractivity contribution is 0.594. The van der Waals surface area contributed by atoms with E-state index in [9.17, 15) is 0 Å². The number of hydrogen-bond acceptors (Lipinski definition) is 1. The molecule has 0 spiro atoms. The SMILES string of the molecule is ClCCc1c(-c2ccccc2)oc(-c2ccccc2)c1Cl. The molecule has 0 unspecified atom stereocenters. The summed E-state index contributed by atoms with van der Waals surface area (Å²) in [4.78, 5) is 0. The highest BCUT2D eigenvalue weighted by molar-refractivity contribution is 6.34. The van der Waals surface area contributed by atoms with Crippen LogP contribution in [-0.4, -0.2) is 5.88 Å². The van der Waals surface area contributed by atoms with Gasteiger partial charge in [0.1, 0.15) is 5.76 Å². The third-order valence-electron chi connectivity index (χ3n) is 3.36. The van der Waals surface area contributed by atoms with Crippen molar-refractivity contribution in [3.05, 3.63) is 71.2 Å². The van der Waals surface area contributed by atoms with Gasteiger partial charge < -0.3 is 4.42 Å². The van der Waals surface area contributed by atoms with E-state index >= 15 is 0 Å². The lowest BCUT2D eigenvalue weighted by Crippen LogP contribution is -1.87. The molecule has 0 saturated carbocycles. The van der Waals surface area contributed by atoms with Gasteiger partial charge in [-0.2, -0.15) is 0 Å². The largest absolute Gasteiger partial charge is 0.454 e. The van der Waals surface area contributed by atoms with Crippen molar-refractivity contribution in [1.29, 1.82) is 0 Å². The molecule has 106 valence electrons. The quantitative estimate of drug-likeness (QED) is 0.534. The first-order valence-electron chi connectivity index (χ1n) is 6.79. The lowest BCUT2D eigenvalue weighted by Gasteiger charge is -2.00. The average Bonchev–Trinajstić information content (AvgIpc) is 2.87. The summed E-state index contributed by atoms with van der Waals surface area (Å²) in [6.45, 7) is 0. The van der Waals surface area contributed by atoms with Crippen molar-refractivity contribution in [2.24, 2.45) is 0 Å². The molecule has 2 aromatic carbocycles. The Labute approximate surface area is 134 Å². The van der Waals surface area contributed by atoms with Crippen LogP contribution in [-0.2, 0) is 6.42 Å². The molecule has 3 rings (SSSR count). The van der Waals surface area contributed by atoms with Crippen LogP contribution in [0, 0.1) is 0 Å². The van der Waals surface area contributed by atoms with Gasteiger partial charge in [0, 0.05) is 22.6 Å². The lowest BCUT2D eigenvalue weighted by atomic mass is 10.1. The molecule has 0 amide bonds. The van der Waals surface area contributed by atoms with Gasteiger partial charge in [0.25, 0.3) is 0 Å². The van der Waals surface area contributed by atoms with Gasteiger partial charge in [-0.15, -0.1) is 11.6 Å². The number of furan rings is 1. The molecule has 0 N–H and O–H groups in total. The zero-order valence-electron chi connectivity index (χ0n) is 11.4. The van der Waals surface area contributed by atoms with E-state index in [0.717, 1.165) is 22.5 Å². The third-order valence-corrected chi connectivity index (χ3v) is 3.95. The monoisotopic (exact) mass is 316 g/mol. The minimum Gasteiger partial charge on any atom is -0.454 e. The molecule has 1 nitrogen and oxygen atoms in total. The fourth-order valence-electron chi connectivity index (χ4n) is 2.36. The van der Waals surface area contributed by atoms with Gasteiger partial charge in [-0.05, 0) is 6.42 Å². The molecular weight excluding hydrogens is 303 g/mol. The van der Waals surface area contributed by atoms with E-state index < -0.39 is 0 Å². The number of rotatable bonds is 4. The summed E-state index contributed by atoms with van der Waals surface area (Å²) >= 11 is 12.5. The van der Waals surface area contributed by atoms with Crippen LogP contribution in [0.25, 0.3) is 22.6 Å². The third kappa shape index (κ3) is 2.85. The van der Waals surface area contributed by atoms with Crippen molar-refractivity contribution in [1.82, 2.24) is 0 Å². The molecule has 0 saturated heterocycles. The second-order valence-corrected chi connectivity index (χ2v) is 5.48. The smallest absolute Gasteiger partial charge is 0.153 e. The van der Waals surface area contributed by atoms with E-state index in [4.69, 9.17) is 27.6 Å². The average molecular weight is 317 g/mol. The van der Waals surface area contributed by atoms with Crippen LogP contribution in [0.3, 0.4) is 0 Å². The molecule has 1 aromatic heterocycles. The predicted octanol–water partition coefficient (Wildman–Crippen LogP) is 6.05. The van der Waals surface area contributed by atoms with Crippen LogP contribution >= 0.6 is 23.2 Å². The summed E-state index contributed by atoms with van der Waals surface area (Å²) < 4.78 is 6.08. The second kappa shape index (κ2) is 6.38. The Balaban J connectivity index is 2.16. The summed E-state index contributed by atoms with van der Waals surface area (Å²) in [7, 11) is 0.